The molecule has 0 bridgehead atoms. The van der Waals surface area contributed by atoms with Gasteiger partial charge in [0.2, 0.25) is 0 Å². The number of nitrogens with zero attached hydrogens (tertiary/aromatic N) is 1. The van der Waals surface area contributed by atoms with E-state index in [2.05, 4.69) is 31.2 Å². The van der Waals surface area contributed by atoms with Gasteiger partial charge < -0.3 is 10.2 Å². The van der Waals surface area contributed by atoms with Crippen molar-refractivity contribution in [2.75, 3.05) is 20.2 Å². The average molecular weight is 389 g/mol. The first kappa shape index (κ1) is 20.4. The van der Waals surface area contributed by atoms with Crippen LogP contribution in [-0.4, -0.2) is 31.7 Å². The molecule has 4 aliphatic rings. The van der Waals surface area contributed by atoms with Crippen molar-refractivity contribution in [2.45, 2.75) is 78.6 Å². The smallest absolute Gasteiger partial charge is 0.139 e. The molecule has 0 aromatic heterocycles. The highest BCUT2D eigenvalue weighted by atomic mass is 16.6. The number of fused-ring (bicyclic) bond motifs is 5. The van der Waals surface area contributed by atoms with Gasteiger partial charge in [0.05, 0.1) is 5.71 Å². The van der Waals surface area contributed by atoms with Crippen LogP contribution in [0, 0.1) is 40.4 Å². The van der Waals surface area contributed by atoms with Gasteiger partial charge in [-0.3, -0.25) is 4.79 Å². The summed E-state index contributed by atoms with van der Waals surface area (Å²) in [5.74, 6) is 4.21. The molecule has 4 rings (SSSR count). The minimum Gasteiger partial charge on any atom is -0.396 e. The first-order valence-electron chi connectivity index (χ1n) is 11.8. The van der Waals surface area contributed by atoms with E-state index in [1.54, 1.807) is 0 Å². The summed E-state index contributed by atoms with van der Waals surface area (Å²) in [4.78, 5) is 18.3. The molecule has 158 valence electrons. The number of Topliss-reactive ketones (excluding diaryl/α,β-unsaturated/α-hetero) is 1. The molecule has 4 heteroatoms. The molecule has 28 heavy (non-hydrogen) atoms. The quantitative estimate of drug-likeness (QED) is 0.542. The zero-order valence-electron chi connectivity index (χ0n) is 18.4. The van der Waals surface area contributed by atoms with Crippen LogP contribution in [0.3, 0.4) is 0 Å². The Balaban J connectivity index is 1.47. The van der Waals surface area contributed by atoms with E-state index in [-0.39, 0.29) is 5.41 Å². The maximum Gasteiger partial charge on any atom is 0.139 e. The second kappa shape index (κ2) is 7.74. The van der Waals surface area contributed by atoms with Crippen LogP contribution in [-0.2, 0) is 9.63 Å². The van der Waals surface area contributed by atoms with Gasteiger partial charge in [-0.15, -0.1) is 0 Å². The van der Waals surface area contributed by atoms with E-state index in [4.69, 9.17) is 4.84 Å². The zero-order valence-corrected chi connectivity index (χ0v) is 18.4. The lowest BCUT2D eigenvalue weighted by Crippen LogP contribution is -2.56. The largest absolute Gasteiger partial charge is 0.396 e. The molecule has 0 saturated heterocycles. The third-order valence-electron chi connectivity index (χ3n) is 9.43. The molecule has 0 aliphatic heterocycles. The molecule has 0 amide bonds. The summed E-state index contributed by atoms with van der Waals surface area (Å²) in [5, 5.41) is 7.68. The number of ketones is 1. The van der Waals surface area contributed by atoms with Gasteiger partial charge >= 0.3 is 0 Å². The predicted molar refractivity (Wildman–Crippen MR) is 113 cm³/mol. The Morgan fingerprint density at radius 3 is 2.79 bits per heavy atom. The normalized spacial score (nSPS) is 46.8. The fraction of sp³-hybridized carbons (Fsp3) is 0.917. The Bertz CT molecular complexity index is 632. The van der Waals surface area contributed by atoms with E-state index in [1.807, 2.05) is 7.05 Å². The van der Waals surface area contributed by atoms with E-state index < -0.39 is 0 Å². The molecule has 1 N–H and O–H groups in total. The van der Waals surface area contributed by atoms with Gasteiger partial charge in [-0.2, -0.15) is 0 Å². The topological polar surface area (TPSA) is 50.7 Å². The van der Waals surface area contributed by atoms with E-state index in [0.717, 1.165) is 68.7 Å². The maximum absolute atomic E-state index is 12.6. The number of oxime groups is 1. The number of nitrogens with one attached hydrogen (secondary N) is 1. The van der Waals surface area contributed by atoms with Gasteiger partial charge in [0.15, 0.2) is 0 Å². The molecule has 0 aromatic carbocycles. The Hall–Kier alpha value is -0.900. The van der Waals surface area contributed by atoms with Gasteiger partial charge in [-0.1, -0.05) is 25.9 Å². The molecule has 4 saturated carbocycles. The van der Waals surface area contributed by atoms with Gasteiger partial charge in [0.1, 0.15) is 12.4 Å². The molecule has 7 atom stereocenters. The first-order valence-corrected chi connectivity index (χ1v) is 11.8. The standard InChI is InChI=1S/C24H40N2O2/c1-16-14-17-15-18(26-28-13-5-12-25-4)8-10-23(17,2)20-9-11-24(3)19(22(16)20)6-7-21(24)27/h16-17,19-20,22,25H,5-15H2,1-4H3/t16-,17?,19+,20+,22+,23+,24+/m1/s1. The van der Waals surface area contributed by atoms with Crippen LogP contribution in [0.5, 0.6) is 0 Å². The van der Waals surface area contributed by atoms with Crippen molar-refractivity contribution in [3.63, 3.8) is 0 Å². The lowest BCUT2D eigenvalue weighted by atomic mass is 9.43. The summed E-state index contributed by atoms with van der Waals surface area (Å²) in [6, 6.07) is 0. The Morgan fingerprint density at radius 1 is 1.18 bits per heavy atom. The molecule has 0 aromatic rings. The maximum atomic E-state index is 12.6. The van der Waals surface area contributed by atoms with Crippen molar-refractivity contribution in [1.29, 1.82) is 0 Å². The van der Waals surface area contributed by atoms with Crippen LogP contribution in [0.25, 0.3) is 0 Å². The summed E-state index contributed by atoms with van der Waals surface area (Å²) in [6.45, 7) is 9.04. The van der Waals surface area contributed by atoms with Gasteiger partial charge in [0, 0.05) is 11.8 Å². The van der Waals surface area contributed by atoms with Crippen LogP contribution in [0.2, 0.25) is 0 Å². The SMILES string of the molecule is CNCCCON=C1CC[C@@]2(C)C(C1)C[C@@H](C)[C@@H]1[C@@H]2CC[C@]2(C)C(=O)CC[C@@H]12. The molecule has 0 heterocycles. The highest BCUT2D eigenvalue weighted by Crippen LogP contribution is 2.66. The summed E-state index contributed by atoms with van der Waals surface area (Å²) >= 11 is 0. The summed E-state index contributed by atoms with van der Waals surface area (Å²) in [6.07, 6.45) is 10.1. The third kappa shape index (κ3) is 3.24. The van der Waals surface area contributed by atoms with Crippen molar-refractivity contribution >= 4 is 11.5 Å². The number of hydrogen-bond acceptors (Lipinski definition) is 4. The number of rotatable bonds is 5. The highest BCUT2D eigenvalue weighted by molar-refractivity contribution is 5.87. The van der Waals surface area contributed by atoms with Crippen LogP contribution >= 0.6 is 0 Å². The minimum atomic E-state index is -0.0128. The molecule has 4 fully saturated rings. The van der Waals surface area contributed by atoms with E-state index >= 15 is 0 Å². The van der Waals surface area contributed by atoms with E-state index in [1.165, 1.54) is 25.0 Å². The second-order valence-corrected chi connectivity index (χ2v) is 10.8. The van der Waals surface area contributed by atoms with Crippen molar-refractivity contribution < 1.29 is 9.63 Å². The second-order valence-electron chi connectivity index (χ2n) is 10.8. The van der Waals surface area contributed by atoms with E-state index in [9.17, 15) is 4.79 Å². The van der Waals surface area contributed by atoms with Crippen molar-refractivity contribution in [1.82, 2.24) is 5.32 Å². The van der Waals surface area contributed by atoms with Crippen molar-refractivity contribution in [3.05, 3.63) is 0 Å². The number of carbonyl (C=O) groups is 1. The molecule has 1 unspecified atom stereocenters. The monoisotopic (exact) mass is 388 g/mol. The lowest BCUT2D eigenvalue weighted by Gasteiger charge is -2.61. The molecular weight excluding hydrogens is 348 g/mol. The van der Waals surface area contributed by atoms with Gasteiger partial charge in [-0.25, -0.2) is 0 Å². The zero-order chi connectivity index (χ0) is 19.9. The highest BCUT2D eigenvalue weighted by Gasteiger charge is 2.61. The third-order valence-corrected chi connectivity index (χ3v) is 9.43. The molecule has 0 spiro atoms. The van der Waals surface area contributed by atoms with Crippen molar-refractivity contribution in [3.8, 4) is 0 Å². The lowest BCUT2D eigenvalue weighted by molar-refractivity contribution is -0.143. The van der Waals surface area contributed by atoms with Crippen LogP contribution in [0.15, 0.2) is 5.16 Å². The number of hydrogen-bond donors (Lipinski definition) is 1. The Labute approximate surface area is 171 Å². The molecule has 4 nitrogen and oxygen atoms in total. The average Bonchev–Trinajstić information content (AvgIpc) is 2.97. The summed E-state index contributed by atoms with van der Waals surface area (Å²) in [7, 11) is 1.97. The van der Waals surface area contributed by atoms with Crippen LogP contribution in [0.4, 0.5) is 0 Å². The first-order chi connectivity index (χ1) is 13.4. The molecular formula is C24H40N2O2. The number of carbonyl (C=O) groups excluding carboxylic acids is 1. The molecule has 0 radical (unpaired) electrons. The fourth-order valence-corrected chi connectivity index (χ4v) is 7.75. The molecule has 4 aliphatic carbocycles. The van der Waals surface area contributed by atoms with Crippen LogP contribution < -0.4 is 5.32 Å². The van der Waals surface area contributed by atoms with Gasteiger partial charge in [-0.05, 0) is 100.0 Å². The van der Waals surface area contributed by atoms with E-state index in [0.29, 0.717) is 23.7 Å². The fourth-order valence-electron chi connectivity index (χ4n) is 7.75. The Morgan fingerprint density at radius 2 is 2.00 bits per heavy atom. The van der Waals surface area contributed by atoms with Crippen LogP contribution in [0.1, 0.15) is 78.6 Å². The summed E-state index contributed by atoms with van der Waals surface area (Å²) < 4.78 is 0. The predicted octanol–water partition coefficient (Wildman–Crippen LogP) is 4.83. The van der Waals surface area contributed by atoms with Gasteiger partial charge in [0.25, 0.3) is 0 Å². The van der Waals surface area contributed by atoms with Crippen molar-refractivity contribution in [2.24, 2.45) is 45.6 Å². The summed E-state index contributed by atoms with van der Waals surface area (Å²) in [5.41, 5.74) is 1.70. The minimum absolute atomic E-state index is 0.0128. The Kier molecular flexibility index (Phi) is 5.63.